The van der Waals surface area contributed by atoms with Crippen LogP contribution in [0.5, 0.6) is 0 Å². The topological polar surface area (TPSA) is 56.7 Å². The van der Waals surface area contributed by atoms with Crippen LogP contribution < -0.4 is 5.48 Å². The molecule has 0 aromatic rings. The van der Waals surface area contributed by atoms with E-state index in [2.05, 4.69) is 55.0 Å². The third-order valence-corrected chi connectivity index (χ3v) is 2.18. The van der Waals surface area contributed by atoms with Gasteiger partial charge in [0.2, 0.25) is 0 Å². The summed E-state index contributed by atoms with van der Waals surface area (Å²) in [6, 6.07) is 0. The van der Waals surface area contributed by atoms with Crippen LogP contribution in [0.15, 0.2) is 24.8 Å². The molecule has 0 bridgehead atoms. The van der Waals surface area contributed by atoms with Crippen molar-refractivity contribution in [3.05, 3.63) is 30.0 Å². The van der Waals surface area contributed by atoms with E-state index in [0.717, 1.165) is 17.8 Å². The average Bonchev–Trinajstić information content (AvgIpc) is 3.31. The molecule has 25 heavy (non-hydrogen) atoms. The van der Waals surface area contributed by atoms with Crippen LogP contribution in [0.25, 0.3) is 0 Å². The van der Waals surface area contributed by atoms with Crippen LogP contribution in [0.1, 0.15) is 95.4 Å². The molecule has 1 aliphatic rings. The molecule has 3 heteroatoms. The molecule has 1 rings (SSSR count). The summed E-state index contributed by atoms with van der Waals surface area (Å²) < 4.78 is 0. The first-order valence-corrected chi connectivity index (χ1v) is 9.60. The van der Waals surface area contributed by atoms with E-state index in [0.29, 0.717) is 0 Å². The van der Waals surface area contributed by atoms with Gasteiger partial charge in [-0.25, -0.2) is 4.79 Å². The van der Waals surface area contributed by atoms with E-state index < -0.39 is 5.91 Å². The summed E-state index contributed by atoms with van der Waals surface area (Å²) in [6.07, 6.45) is 10.0. The molecule has 1 amide bonds. The molecule has 0 spiro atoms. The van der Waals surface area contributed by atoms with Crippen molar-refractivity contribution in [2.75, 3.05) is 0 Å². The van der Waals surface area contributed by atoms with Crippen LogP contribution in [0, 0.1) is 23.0 Å². The number of rotatable bonds is 1. The summed E-state index contributed by atoms with van der Waals surface area (Å²) >= 11 is 0. The Kier molecular flexibility index (Phi) is 48.5. The van der Waals surface area contributed by atoms with Crippen molar-refractivity contribution in [2.45, 2.75) is 95.4 Å². The number of primary amides is 1. The first kappa shape index (κ1) is 35.2. The zero-order valence-corrected chi connectivity index (χ0v) is 19.2. The molecule has 1 aliphatic carbocycles. The van der Waals surface area contributed by atoms with E-state index in [1.54, 1.807) is 6.08 Å². The quantitative estimate of drug-likeness (QED) is 0.429. The smallest absolute Gasteiger partial charge is 0.307 e. The first-order valence-electron chi connectivity index (χ1n) is 9.60. The summed E-state index contributed by atoms with van der Waals surface area (Å²) in [5.41, 5.74) is 0.278. The number of amides is 1. The molecule has 0 aromatic heterocycles. The lowest BCUT2D eigenvalue weighted by Gasteiger charge is -1.90. The predicted octanol–water partition coefficient (Wildman–Crippen LogP) is 6.50. The average molecular weight is 360 g/mol. The SMILES string of the molecule is C/C=C\C.C=CC.CC(=O)[NH2+][O-].CC(C)C.CC1CC1.CCC(C)C. The number of allylic oxidation sites excluding steroid dienone is 3. The summed E-state index contributed by atoms with van der Waals surface area (Å²) in [5.74, 6) is 2.38. The maximum absolute atomic E-state index is 9.44. The van der Waals surface area contributed by atoms with Crippen LogP contribution in [0.4, 0.5) is 0 Å². The molecule has 0 atom stereocenters. The van der Waals surface area contributed by atoms with Crippen molar-refractivity contribution in [1.29, 1.82) is 0 Å². The fourth-order valence-corrected chi connectivity index (χ4v) is 0.167. The maximum Gasteiger partial charge on any atom is 0.307 e. The Morgan fingerprint density at radius 1 is 1.12 bits per heavy atom. The maximum atomic E-state index is 9.44. The summed E-state index contributed by atoms with van der Waals surface area (Å²) in [4.78, 5) is 9.44. The van der Waals surface area contributed by atoms with Crippen LogP contribution in [-0.2, 0) is 4.79 Å². The van der Waals surface area contributed by atoms with Crippen LogP contribution in [0.3, 0.4) is 0 Å². The molecular weight excluding hydrogens is 310 g/mol. The minimum absolute atomic E-state index is 0.278. The van der Waals surface area contributed by atoms with Crippen molar-refractivity contribution in [3.8, 4) is 0 Å². The standard InChI is InChI=1S/C5H12.C4H8.C4H10.C4H8.C3H6.C2H5NO2/c1-4-5(2)3;1-4-2-3-4;1-4(2)3;1-3-4-2;1-3-2;1-2(4)3-5/h5H,4H2,1-3H3;4H,2-3H2,1H3;4H,1-3H3;3-4H,1-2H3;3H,1H2,2H3;3H2,1H3/b;;;4-3-;;. The predicted molar refractivity (Wildman–Crippen MR) is 116 cm³/mol. The summed E-state index contributed by atoms with van der Waals surface area (Å²) in [5, 5.41) is 9.16. The Labute approximate surface area is 160 Å². The molecule has 0 radical (unpaired) electrons. The van der Waals surface area contributed by atoms with Gasteiger partial charge in [-0.3, -0.25) is 0 Å². The number of hydrogen-bond acceptors (Lipinski definition) is 2. The molecule has 1 fully saturated rings. The number of nitrogens with two attached hydrogens (primary N) is 1. The Morgan fingerprint density at radius 2 is 1.28 bits per heavy atom. The van der Waals surface area contributed by atoms with Crippen molar-refractivity contribution in [1.82, 2.24) is 0 Å². The number of hydroxylamine groups is 1. The van der Waals surface area contributed by atoms with Crippen LogP contribution in [-0.4, -0.2) is 5.91 Å². The van der Waals surface area contributed by atoms with Gasteiger partial charge in [0.1, 0.15) is 0 Å². The Hall–Kier alpha value is -0.930. The molecule has 3 nitrogen and oxygen atoms in total. The zero-order chi connectivity index (χ0) is 21.3. The lowest BCUT2D eigenvalue weighted by atomic mass is 10.2. The monoisotopic (exact) mass is 359 g/mol. The molecule has 2 N–H and O–H groups in total. The first-order chi connectivity index (χ1) is 11.5. The molecule has 0 aliphatic heterocycles. The van der Waals surface area contributed by atoms with Gasteiger partial charge >= 0.3 is 5.91 Å². The van der Waals surface area contributed by atoms with Gasteiger partial charge in [0.05, 0.1) is 6.92 Å². The largest absolute Gasteiger partial charge is 0.628 e. The molecule has 1 saturated carbocycles. The van der Waals surface area contributed by atoms with Gasteiger partial charge in [-0.2, -0.15) is 0 Å². The van der Waals surface area contributed by atoms with Gasteiger partial charge < -0.3 is 10.7 Å². The van der Waals surface area contributed by atoms with Crippen molar-refractivity contribution < 1.29 is 10.3 Å². The molecule has 0 aromatic carbocycles. The lowest BCUT2D eigenvalue weighted by Crippen LogP contribution is -2.80. The Bertz CT molecular complexity index is 248. The van der Waals surface area contributed by atoms with Gasteiger partial charge in [-0.15, -0.1) is 6.58 Å². The second-order valence-corrected chi connectivity index (χ2v) is 7.02. The van der Waals surface area contributed by atoms with Gasteiger partial charge in [0.25, 0.3) is 0 Å². The second-order valence-electron chi connectivity index (χ2n) is 7.02. The second kappa shape index (κ2) is 34.4. The third-order valence-electron chi connectivity index (χ3n) is 2.18. The Morgan fingerprint density at radius 3 is 1.28 bits per heavy atom. The Balaban J connectivity index is -0.0000000645. The highest BCUT2D eigenvalue weighted by Gasteiger charge is 2.12. The van der Waals surface area contributed by atoms with Crippen molar-refractivity contribution in [2.24, 2.45) is 17.8 Å². The zero-order valence-electron chi connectivity index (χ0n) is 19.2. The molecule has 154 valence electrons. The van der Waals surface area contributed by atoms with Crippen LogP contribution in [0.2, 0.25) is 0 Å². The van der Waals surface area contributed by atoms with E-state index in [9.17, 15) is 4.79 Å². The van der Waals surface area contributed by atoms with E-state index in [4.69, 9.17) is 5.21 Å². The van der Waals surface area contributed by atoms with Crippen molar-refractivity contribution in [3.63, 3.8) is 0 Å². The van der Waals surface area contributed by atoms with E-state index >= 15 is 0 Å². The van der Waals surface area contributed by atoms with Gasteiger partial charge in [0, 0.05) is 0 Å². The summed E-state index contributed by atoms with van der Waals surface area (Å²) in [6.45, 7) is 25.9. The van der Waals surface area contributed by atoms with E-state index in [-0.39, 0.29) is 5.48 Å². The minimum atomic E-state index is -0.426. The fourth-order valence-electron chi connectivity index (χ4n) is 0.167. The van der Waals surface area contributed by atoms with Crippen molar-refractivity contribution >= 4 is 5.91 Å². The summed E-state index contributed by atoms with van der Waals surface area (Å²) in [7, 11) is 0. The molecule has 0 unspecified atom stereocenters. The molecular formula is C22H49NO2. The number of quaternary nitrogens is 1. The normalized spacial score (nSPS) is 11.1. The number of carbonyl (C=O) groups is 1. The molecule has 0 heterocycles. The van der Waals surface area contributed by atoms with Gasteiger partial charge in [0.15, 0.2) is 0 Å². The lowest BCUT2D eigenvalue weighted by molar-refractivity contribution is -0.498. The van der Waals surface area contributed by atoms with Crippen LogP contribution >= 0.6 is 0 Å². The number of carbonyl (C=O) groups excluding carboxylic acids is 1. The highest BCUT2D eigenvalue weighted by atomic mass is 16.5. The van der Waals surface area contributed by atoms with Gasteiger partial charge in [-0.05, 0) is 38.5 Å². The van der Waals surface area contributed by atoms with Gasteiger partial charge in [-0.1, -0.05) is 86.0 Å². The number of hydrogen-bond donors (Lipinski definition) is 1. The van der Waals surface area contributed by atoms with E-state index in [1.165, 1.54) is 26.2 Å². The minimum Gasteiger partial charge on any atom is -0.628 e. The van der Waals surface area contributed by atoms with E-state index in [1.807, 2.05) is 32.9 Å². The highest BCUT2D eigenvalue weighted by molar-refractivity contribution is 5.61. The third kappa shape index (κ3) is 205. The highest BCUT2D eigenvalue weighted by Crippen LogP contribution is 2.26. The molecule has 0 saturated heterocycles. The fraction of sp³-hybridized carbons (Fsp3) is 0.773.